The summed E-state index contributed by atoms with van der Waals surface area (Å²) in [6, 6.07) is 8.06. The number of rotatable bonds is 3. The van der Waals surface area contributed by atoms with Gasteiger partial charge in [0.25, 0.3) is 15.9 Å². The summed E-state index contributed by atoms with van der Waals surface area (Å²) in [7, 11) is -3.85. The average Bonchev–Trinajstić information content (AvgIpc) is 2.85. The molecule has 0 bridgehead atoms. The molecule has 0 saturated carbocycles. The fourth-order valence-corrected chi connectivity index (χ4v) is 5.22. The molecule has 6 nitrogen and oxygen atoms in total. The number of nitrogens with two attached hydrogens (primary N) is 1. The van der Waals surface area contributed by atoms with E-state index in [1.54, 1.807) is 18.2 Å². The Morgan fingerprint density at radius 2 is 1.92 bits per heavy atom. The molecule has 0 saturated heterocycles. The number of hydrogen-bond donors (Lipinski definition) is 1. The summed E-state index contributed by atoms with van der Waals surface area (Å²) in [5.41, 5.74) is 6.40. The first-order chi connectivity index (χ1) is 11.2. The van der Waals surface area contributed by atoms with E-state index in [-0.39, 0.29) is 21.1 Å². The third-order valence-corrected chi connectivity index (χ3v) is 6.75. The Kier molecular flexibility index (Phi) is 4.30. The molecule has 3 rings (SSSR count). The summed E-state index contributed by atoms with van der Waals surface area (Å²) in [4.78, 5) is 15.6. The first-order valence-corrected chi connectivity index (χ1v) is 9.60. The van der Waals surface area contributed by atoms with Gasteiger partial charge in [-0.05, 0) is 47.7 Å². The number of hydrogen-bond acceptors (Lipinski definition) is 4. The predicted octanol–water partition coefficient (Wildman–Crippen LogP) is 2.94. The van der Waals surface area contributed by atoms with Gasteiger partial charge < -0.3 is 5.73 Å². The highest BCUT2D eigenvalue weighted by molar-refractivity contribution is 14.1. The van der Waals surface area contributed by atoms with Gasteiger partial charge >= 0.3 is 0 Å². The normalized spacial score (nSPS) is 11.8. The molecule has 2 heterocycles. The van der Waals surface area contributed by atoms with Crippen LogP contribution in [0.1, 0.15) is 15.9 Å². The largest absolute Gasteiger partial charge is 0.366 e. The third kappa shape index (κ3) is 2.68. The van der Waals surface area contributed by atoms with E-state index in [2.05, 4.69) is 4.98 Å². The molecule has 0 atom stereocenters. The van der Waals surface area contributed by atoms with Gasteiger partial charge in [-0.1, -0.05) is 29.3 Å². The van der Waals surface area contributed by atoms with Crippen LogP contribution in [0.5, 0.6) is 0 Å². The Balaban J connectivity index is 2.30. The smallest absolute Gasteiger partial charge is 0.270 e. The molecule has 1 aromatic carbocycles. The number of carbonyl (C=O) groups is 1. The van der Waals surface area contributed by atoms with Crippen LogP contribution in [0.25, 0.3) is 11.0 Å². The van der Waals surface area contributed by atoms with E-state index in [0.29, 0.717) is 9.09 Å². The quantitative estimate of drug-likeness (QED) is 0.589. The molecular formula is C15H11ClIN3O3S. The fourth-order valence-electron chi connectivity index (χ4n) is 2.28. The molecule has 0 unspecified atom stereocenters. The molecule has 0 radical (unpaired) electrons. The van der Waals surface area contributed by atoms with Gasteiger partial charge in [0.15, 0.2) is 5.65 Å². The molecule has 24 heavy (non-hydrogen) atoms. The van der Waals surface area contributed by atoms with Gasteiger partial charge in [0.2, 0.25) is 0 Å². The number of amides is 1. The SMILES string of the molecule is Cc1ccc(S(=O)(=O)n2c(I)cc3c(Cl)c(C(N)=O)cnc32)cc1. The predicted molar refractivity (Wildman–Crippen MR) is 99.7 cm³/mol. The van der Waals surface area contributed by atoms with E-state index < -0.39 is 15.9 Å². The van der Waals surface area contributed by atoms with E-state index in [0.717, 1.165) is 9.54 Å². The number of nitrogens with zero attached hydrogens (tertiary/aromatic N) is 2. The highest BCUT2D eigenvalue weighted by Gasteiger charge is 2.25. The average molecular weight is 476 g/mol. The second-order valence-corrected chi connectivity index (χ2v) is 8.41. The van der Waals surface area contributed by atoms with Crippen molar-refractivity contribution < 1.29 is 13.2 Å². The standard InChI is InChI=1S/C15H11ClIN3O3S/c1-8-2-4-9(5-3-8)24(22,23)20-12(17)6-10-13(16)11(14(18)21)7-19-15(10)20/h2-7H,1H3,(H2,18,21). The van der Waals surface area contributed by atoms with Crippen molar-refractivity contribution in [2.24, 2.45) is 5.73 Å². The Bertz CT molecular complexity index is 1080. The van der Waals surface area contributed by atoms with E-state index in [1.165, 1.54) is 18.3 Å². The van der Waals surface area contributed by atoms with Crippen molar-refractivity contribution in [1.29, 1.82) is 0 Å². The zero-order valence-electron chi connectivity index (χ0n) is 12.3. The van der Waals surface area contributed by atoms with E-state index >= 15 is 0 Å². The zero-order chi connectivity index (χ0) is 17.6. The molecule has 2 aromatic heterocycles. The first kappa shape index (κ1) is 17.2. The summed E-state index contributed by atoms with van der Waals surface area (Å²) in [6.45, 7) is 1.87. The van der Waals surface area contributed by atoms with Gasteiger partial charge in [0.05, 0.1) is 19.2 Å². The summed E-state index contributed by atoms with van der Waals surface area (Å²) < 4.78 is 27.4. The van der Waals surface area contributed by atoms with Gasteiger partial charge in [-0.25, -0.2) is 17.4 Å². The topological polar surface area (TPSA) is 95.0 Å². The highest BCUT2D eigenvalue weighted by atomic mass is 127. The Labute approximate surface area is 156 Å². The van der Waals surface area contributed by atoms with Crippen molar-refractivity contribution in [2.75, 3.05) is 0 Å². The molecule has 0 spiro atoms. The van der Waals surface area contributed by atoms with Gasteiger partial charge in [0, 0.05) is 11.6 Å². The minimum Gasteiger partial charge on any atom is -0.366 e. The molecule has 9 heteroatoms. The molecule has 0 fully saturated rings. The second kappa shape index (κ2) is 6.01. The van der Waals surface area contributed by atoms with Crippen LogP contribution in [-0.2, 0) is 10.0 Å². The van der Waals surface area contributed by atoms with Crippen LogP contribution >= 0.6 is 34.2 Å². The van der Waals surface area contributed by atoms with Crippen molar-refractivity contribution in [3.8, 4) is 0 Å². The summed E-state index contributed by atoms with van der Waals surface area (Å²) >= 11 is 8.07. The van der Waals surface area contributed by atoms with Crippen LogP contribution in [-0.4, -0.2) is 23.3 Å². The Morgan fingerprint density at radius 3 is 2.50 bits per heavy atom. The maximum Gasteiger partial charge on any atom is 0.270 e. The molecule has 3 aromatic rings. The summed E-state index contributed by atoms with van der Waals surface area (Å²) in [5.74, 6) is -0.724. The van der Waals surface area contributed by atoms with Gasteiger partial charge in [0.1, 0.15) is 0 Å². The maximum absolute atomic E-state index is 13.0. The molecule has 1 amide bonds. The Morgan fingerprint density at radius 1 is 1.29 bits per heavy atom. The fraction of sp³-hybridized carbons (Fsp3) is 0.0667. The number of halogens is 2. The molecular weight excluding hydrogens is 465 g/mol. The second-order valence-electron chi connectivity index (χ2n) is 5.14. The lowest BCUT2D eigenvalue weighted by molar-refractivity contribution is 0.1000. The molecule has 2 N–H and O–H groups in total. The summed E-state index contributed by atoms with van der Waals surface area (Å²) in [6.07, 6.45) is 1.18. The number of aromatic nitrogens is 2. The summed E-state index contributed by atoms with van der Waals surface area (Å²) in [5, 5.41) is 0.441. The van der Waals surface area contributed by atoms with E-state index in [1.807, 2.05) is 29.5 Å². The lowest BCUT2D eigenvalue weighted by Gasteiger charge is -2.09. The van der Waals surface area contributed by atoms with Crippen molar-refractivity contribution >= 4 is 61.2 Å². The van der Waals surface area contributed by atoms with Crippen molar-refractivity contribution in [2.45, 2.75) is 11.8 Å². The Hall–Kier alpha value is -1.65. The van der Waals surface area contributed by atoms with E-state index in [4.69, 9.17) is 17.3 Å². The van der Waals surface area contributed by atoms with Crippen molar-refractivity contribution in [3.05, 3.63) is 56.4 Å². The van der Waals surface area contributed by atoms with Crippen LogP contribution in [0, 0.1) is 10.6 Å². The molecule has 0 aliphatic rings. The van der Waals surface area contributed by atoms with E-state index in [9.17, 15) is 13.2 Å². The molecule has 0 aliphatic heterocycles. The van der Waals surface area contributed by atoms with Crippen molar-refractivity contribution in [3.63, 3.8) is 0 Å². The highest BCUT2D eigenvalue weighted by Crippen LogP contribution is 2.31. The third-order valence-electron chi connectivity index (χ3n) is 3.50. The number of benzene rings is 1. The lowest BCUT2D eigenvalue weighted by atomic mass is 10.2. The maximum atomic E-state index is 13.0. The minimum absolute atomic E-state index is 0.0467. The van der Waals surface area contributed by atoms with Crippen LogP contribution < -0.4 is 5.73 Å². The van der Waals surface area contributed by atoms with Crippen LogP contribution in [0.3, 0.4) is 0 Å². The number of fused-ring (bicyclic) bond motifs is 1. The van der Waals surface area contributed by atoms with Crippen LogP contribution in [0.4, 0.5) is 0 Å². The monoisotopic (exact) mass is 475 g/mol. The lowest BCUT2D eigenvalue weighted by Crippen LogP contribution is -2.16. The van der Waals surface area contributed by atoms with Crippen LogP contribution in [0.2, 0.25) is 5.02 Å². The van der Waals surface area contributed by atoms with Crippen molar-refractivity contribution in [1.82, 2.24) is 8.96 Å². The number of aryl methyl sites for hydroxylation is 1. The van der Waals surface area contributed by atoms with Gasteiger partial charge in [-0.15, -0.1) is 0 Å². The molecule has 124 valence electrons. The van der Waals surface area contributed by atoms with Crippen LogP contribution in [0.15, 0.2) is 41.4 Å². The van der Waals surface area contributed by atoms with Gasteiger partial charge in [-0.3, -0.25) is 4.79 Å². The number of carbonyl (C=O) groups excluding carboxylic acids is 1. The molecule has 0 aliphatic carbocycles. The number of pyridine rings is 1. The van der Waals surface area contributed by atoms with Gasteiger partial charge in [-0.2, -0.15) is 0 Å². The number of primary amides is 1. The zero-order valence-corrected chi connectivity index (χ0v) is 16.1. The minimum atomic E-state index is -3.85. The first-order valence-electron chi connectivity index (χ1n) is 6.71.